The van der Waals surface area contributed by atoms with Gasteiger partial charge in [0.1, 0.15) is 5.69 Å². The number of hydrogen-bond acceptors (Lipinski definition) is 5. The van der Waals surface area contributed by atoms with Crippen LogP contribution in [0.4, 0.5) is 11.4 Å². The minimum atomic E-state index is -0.813. The molecular weight excluding hydrogens is 262 g/mol. The smallest absolute Gasteiger partial charge is 0.293 e. The van der Waals surface area contributed by atoms with Gasteiger partial charge >= 0.3 is 0 Å². The maximum absolute atomic E-state index is 11.8. The molecular formula is C13H17N3O4. The molecule has 1 fully saturated rings. The SMILES string of the molecule is CN(C)C(=O)c1ccc(N2CC(C)(O)C2)c([N+](=O)[O-])c1. The lowest BCUT2D eigenvalue weighted by atomic mass is 9.95. The molecule has 7 nitrogen and oxygen atoms in total. The Hall–Kier alpha value is -2.15. The van der Waals surface area contributed by atoms with Crippen LogP contribution in [0.2, 0.25) is 0 Å². The van der Waals surface area contributed by atoms with E-state index in [-0.39, 0.29) is 17.2 Å². The van der Waals surface area contributed by atoms with Crippen molar-refractivity contribution in [3.05, 3.63) is 33.9 Å². The molecule has 1 heterocycles. The lowest BCUT2D eigenvalue weighted by Crippen LogP contribution is -2.60. The number of benzene rings is 1. The number of nitrogens with zero attached hydrogens (tertiary/aromatic N) is 3. The van der Waals surface area contributed by atoms with E-state index in [0.29, 0.717) is 18.8 Å². The summed E-state index contributed by atoms with van der Waals surface area (Å²) in [5.41, 5.74) is -0.228. The fourth-order valence-electron chi connectivity index (χ4n) is 2.27. The van der Waals surface area contributed by atoms with Gasteiger partial charge < -0.3 is 14.9 Å². The van der Waals surface area contributed by atoms with E-state index >= 15 is 0 Å². The topological polar surface area (TPSA) is 86.9 Å². The first-order chi connectivity index (χ1) is 9.21. The van der Waals surface area contributed by atoms with Crippen molar-refractivity contribution in [1.82, 2.24) is 4.90 Å². The first kappa shape index (κ1) is 14.3. The van der Waals surface area contributed by atoms with Crippen LogP contribution in [-0.4, -0.2) is 53.6 Å². The predicted octanol–water partition coefficient (Wildman–Crippen LogP) is 0.868. The van der Waals surface area contributed by atoms with E-state index in [1.54, 1.807) is 38.1 Å². The Kier molecular flexibility index (Phi) is 3.39. The number of aliphatic hydroxyl groups is 1. The highest BCUT2D eigenvalue weighted by Crippen LogP contribution is 2.35. The van der Waals surface area contributed by atoms with Gasteiger partial charge in [0.25, 0.3) is 11.6 Å². The summed E-state index contributed by atoms with van der Waals surface area (Å²) in [6.07, 6.45) is 0. The molecule has 7 heteroatoms. The number of nitro benzene ring substituents is 1. The Bertz CT molecular complexity index is 561. The summed E-state index contributed by atoms with van der Waals surface area (Å²) in [7, 11) is 3.18. The van der Waals surface area contributed by atoms with Crippen LogP contribution >= 0.6 is 0 Å². The molecule has 1 amide bonds. The maximum atomic E-state index is 11.8. The van der Waals surface area contributed by atoms with Crippen LogP contribution in [0, 0.1) is 10.1 Å². The Morgan fingerprint density at radius 2 is 2.05 bits per heavy atom. The van der Waals surface area contributed by atoms with Crippen LogP contribution in [-0.2, 0) is 0 Å². The van der Waals surface area contributed by atoms with E-state index in [1.165, 1.54) is 11.0 Å². The van der Waals surface area contributed by atoms with Gasteiger partial charge in [0, 0.05) is 38.8 Å². The van der Waals surface area contributed by atoms with Gasteiger partial charge in [-0.1, -0.05) is 0 Å². The molecule has 1 aliphatic heterocycles. The summed E-state index contributed by atoms with van der Waals surface area (Å²) < 4.78 is 0. The second-order valence-electron chi connectivity index (χ2n) is 5.51. The first-order valence-corrected chi connectivity index (χ1v) is 6.19. The Balaban J connectivity index is 2.35. The van der Waals surface area contributed by atoms with E-state index in [1.807, 2.05) is 0 Å². The third kappa shape index (κ3) is 2.57. The molecule has 1 aromatic rings. The van der Waals surface area contributed by atoms with Crippen LogP contribution in [0.25, 0.3) is 0 Å². The number of anilines is 1. The number of hydrogen-bond donors (Lipinski definition) is 1. The van der Waals surface area contributed by atoms with Gasteiger partial charge in [0.2, 0.25) is 0 Å². The van der Waals surface area contributed by atoms with E-state index in [9.17, 15) is 20.0 Å². The highest BCUT2D eigenvalue weighted by Gasteiger charge is 2.39. The largest absolute Gasteiger partial charge is 0.386 e. The maximum Gasteiger partial charge on any atom is 0.293 e. The third-order valence-corrected chi connectivity index (χ3v) is 3.23. The molecule has 0 unspecified atom stereocenters. The zero-order valence-electron chi connectivity index (χ0n) is 11.7. The Morgan fingerprint density at radius 3 is 2.50 bits per heavy atom. The van der Waals surface area contributed by atoms with Gasteiger partial charge in [-0.3, -0.25) is 14.9 Å². The molecule has 2 rings (SSSR count). The first-order valence-electron chi connectivity index (χ1n) is 6.19. The van der Waals surface area contributed by atoms with E-state index < -0.39 is 10.5 Å². The van der Waals surface area contributed by atoms with Crippen molar-refractivity contribution in [3.63, 3.8) is 0 Å². The van der Waals surface area contributed by atoms with Crippen LogP contribution in [0.15, 0.2) is 18.2 Å². The van der Waals surface area contributed by atoms with Crippen LogP contribution in [0.3, 0.4) is 0 Å². The summed E-state index contributed by atoms with van der Waals surface area (Å²) in [6.45, 7) is 2.36. The predicted molar refractivity (Wildman–Crippen MR) is 74.0 cm³/mol. The second-order valence-corrected chi connectivity index (χ2v) is 5.51. The van der Waals surface area contributed by atoms with Gasteiger partial charge in [0.15, 0.2) is 0 Å². The number of amides is 1. The van der Waals surface area contributed by atoms with E-state index in [0.717, 1.165) is 0 Å². The van der Waals surface area contributed by atoms with Gasteiger partial charge in [-0.15, -0.1) is 0 Å². The van der Waals surface area contributed by atoms with Crippen molar-refractivity contribution in [1.29, 1.82) is 0 Å². The highest BCUT2D eigenvalue weighted by molar-refractivity contribution is 5.95. The van der Waals surface area contributed by atoms with Crippen molar-refractivity contribution in [2.75, 3.05) is 32.1 Å². The number of carbonyl (C=O) groups excluding carboxylic acids is 1. The van der Waals surface area contributed by atoms with Gasteiger partial charge in [-0.25, -0.2) is 0 Å². The highest BCUT2D eigenvalue weighted by atomic mass is 16.6. The quantitative estimate of drug-likeness (QED) is 0.655. The average Bonchev–Trinajstić information content (AvgIpc) is 2.34. The Morgan fingerprint density at radius 1 is 1.45 bits per heavy atom. The molecule has 1 aromatic carbocycles. The van der Waals surface area contributed by atoms with E-state index in [4.69, 9.17) is 0 Å². The van der Waals surface area contributed by atoms with Crippen molar-refractivity contribution in [3.8, 4) is 0 Å². The lowest BCUT2D eigenvalue weighted by Gasteiger charge is -2.45. The molecule has 0 saturated carbocycles. The molecule has 1 saturated heterocycles. The fraction of sp³-hybridized carbons (Fsp3) is 0.462. The molecule has 0 spiro atoms. The lowest BCUT2D eigenvalue weighted by molar-refractivity contribution is -0.384. The summed E-state index contributed by atoms with van der Waals surface area (Å²) in [4.78, 5) is 25.6. The minimum Gasteiger partial charge on any atom is -0.386 e. The summed E-state index contributed by atoms with van der Waals surface area (Å²) in [5.74, 6) is -0.282. The van der Waals surface area contributed by atoms with Gasteiger partial charge in [-0.2, -0.15) is 0 Å². The minimum absolute atomic E-state index is 0.117. The molecule has 0 bridgehead atoms. The molecule has 0 aromatic heterocycles. The van der Waals surface area contributed by atoms with Gasteiger partial charge in [-0.05, 0) is 19.1 Å². The molecule has 0 atom stereocenters. The molecule has 1 N–H and O–H groups in total. The number of nitro groups is 1. The van der Waals surface area contributed by atoms with Crippen LogP contribution < -0.4 is 4.90 Å². The normalized spacial score (nSPS) is 16.5. The van der Waals surface area contributed by atoms with Crippen LogP contribution in [0.5, 0.6) is 0 Å². The average molecular weight is 279 g/mol. The number of rotatable bonds is 3. The summed E-state index contributed by atoms with van der Waals surface area (Å²) >= 11 is 0. The molecule has 0 aliphatic carbocycles. The number of β-amino-alcohol motifs (C(OH)–C–C–N with tert-alkyl or cyclic N) is 1. The standard InChI is InChI=1S/C13H17N3O4/c1-13(18)7-15(8-13)10-5-4-9(12(17)14(2)3)6-11(10)16(19)20/h4-6,18H,7-8H2,1-3H3. The molecule has 1 aliphatic rings. The number of carbonyl (C=O) groups is 1. The van der Waals surface area contributed by atoms with Crippen molar-refractivity contribution in [2.45, 2.75) is 12.5 Å². The monoisotopic (exact) mass is 279 g/mol. The second kappa shape index (κ2) is 4.75. The van der Waals surface area contributed by atoms with Crippen molar-refractivity contribution >= 4 is 17.3 Å². The molecule has 108 valence electrons. The van der Waals surface area contributed by atoms with Crippen LogP contribution in [0.1, 0.15) is 17.3 Å². The zero-order chi connectivity index (χ0) is 15.1. The molecule has 20 heavy (non-hydrogen) atoms. The zero-order valence-corrected chi connectivity index (χ0v) is 11.7. The fourth-order valence-corrected chi connectivity index (χ4v) is 2.27. The molecule has 0 radical (unpaired) electrons. The summed E-state index contributed by atoms with van der Waals surface area (Å²) in [5, 5.41) is 20.9. The third-order valence-electron chi connectivity index (χ3n) is 3.23. The Labute approximate surface area is 116 Å². The van der Waals surface area contributed by atoms with Gasteiger partial charge in [0.05, 0.1) is 10.5 Å². The summed E-state index contributed by atoms with van der Waals surface area (Å²) in [6, 6.07) is 4.41. The van der Waals surface area contributed by atoms with Crippen molar-refractivity contribution < 1.29 is 14.8 Å². The van der Waals surface area contributed by atoms with E-state index in [2.05, 4.69) is 0 Å². The van der Waals surface area contributed by atoms with Crippen molar-refractivity contribution in [2.24, 2.45) is 0 Å².